The number of likely N-dealkylation sites (tertiary alicyclic amines) is 1. The molecule has 1 aliphatic rings. The van der Waals surface area contributed by atoms with Crippen LogP contribution in [0.15, 0.2) is 30.5 Å². The average Bonchev–Trinajstić information content (AvgIpc) is 3.23. The largest absolute Gasteiger partial charge is 0.444 e. The third kappa shape index (κ3) is 6.40. The Morgan fingerprint density at radius 1 is 1.06 bits per heavy atom. The summed E-state index contributed by atoms with van der Waals surface area (Å²) in [5, 5.41) is 5.64. The number of aryl methyl sites for hydroxylation is 3. The Bertz CT molecular complexity index is 1040. The number of hydrogen-bond donors (Lipinski definition) is 2. The number of carbonyl (C=O) groups is 3. The highest BCUT2D eigenvalue weighted by Crippen LogP contribution is 2.26. The minimum atomic E-state index is -0.525. The van der Waals surface area contributed by atoms with Crippen molar-refractivity contribution in [3.63, 3.8) is 0 Å². The van der Waals surface area contributed by atoms with Crippen molar-refractivity contribution in [2.45, 2.75) is 66.0 Å². The number of carbonyl (C=O) groups excluding carboxylic acids is 3. The highest BCUT2D eigenvalue weighted by atomic mass is 16.6. The summed E-state index contributed by atoms with van der Waals surface area (Å²) in [4.78, 5) is 39.3. The topological polar surface area (TPSA) is 92.7 Å². The number of nitrogens with one attached hydrogen (secondary N) is 2. The van der Waals surface area contributed by atoms with E-state index in [-0.39, 0.29) is 30.5 Å². The maximum Gasteiger partial charge on any atom is 0.410 e. The Kier molecular flexibility index (Phi) is 7.69. The first kappa shape index (κ1) is 25.3. The first-order valence-electron chi connectivity index (χ1n) is 11.8. The number of benzene rings is 1. The van der Waals surface area contributed by atoms with Crippen LogP contribution in [0.4, 0.5) is 10.5 Å². The fraction of sp³-hybridized carbons (Fsp3) is 0.500. The SMILES string of the molecule is Cc1cc(C)c(NC(=O)CNC(=O)c2cccn2C2CCN(C(=O)OC(C)(C)C)CC2)c(C)c1. The molecule has 1 saturated heterocycles. The van der Waals surface area contributed by atoms with Gasteiger partial charge in [-0.1, -0.05) is 17.7 Å². The van der Waals surface area contributed by atoms with Crippen molar-refractivity contribution in [2.75, 3.05) is 25.0 Å². The summed E-state index contributed by atoms with van der Waals surface area (Å²) in [7, 11) is 0. The van der Waals surface area contributed by atoms with Crippen LogP contribution in [0.5, 0.6) is 0 Å². The molecule has 1 aromatic heterocycles. The van der Waals surface area contributed by atoms with Crippen molar-refractivity contribution < 1.29 is 19.1 Å². The second-order valence-corrected chi connectivity index (χ2v) is 10.0. The molecular weight excluding hydrogens is 432 g/mol. The van der Waals surface area contributed by atoms with Gasteiger partial charge in [0.2, 0.25) is 5.91 Å². The van der Waals surface area contributed by atoms with Gasteiger partial charge in [0.1, 0.15) is 11.3 Å². The maximum atomic E-state index is 12.8. The van der Waals surface area contributed by atoms with E-state index in [0.29, 0.717) is 18.8 Å². The van der Waals surface area contributed by atoms with Crippen LogP contribution in [-0.2, 0) is 9.53 Å². The van der Waals surface area contributed by atoms with Gasteiger partial charge < -0.3 is 24.8 Å². The van der Waals surface area contributed by atoms with Gasteiger partial charge >= 0.3 is 6.09 Å². The number of piperidine rings is 1. The summed E-state index contributed by atoms with van der Waals surface area (Å²) < 4.78 is 7.40. The quantitative estimate of drug-likeness (QED) is 0.682. The summed E-state index contributed by atoms with van der Waals surface area (Å²) >= 11 is 0. The van der Waals surface area contributed by atoms with Crippen molar-refractivity contribution in [1.82, 2.24) is 14.8 Å². The fourth-order valence-corrected chi connectivity index (χ4v) is 4.37. The van der Waals surface area contributed by atoms with E-state index in [4.69, 9.17) is 4.74 Å². The lowest BCUT2D eigenvalue weighted by atomic mass is 10.0. The van der Waals surface area contributed by atoms with Crippen LogP contribution in [0.2, 0.25) is 0 Å². The molecule has 0 radical (unpaired) electrons. The number of aromatic nitrogens is 1. The van der Waals surface area contributed by atoms with Crippen LogP contribution < -0.4 is 10.6 Å². The number of nitrogens with zero attached hydrogens (tertiary/aromatic N) is 2. The van der Waals surface area contributed by atoms with Crippen molar-refractivity contribution >= 4 is 23.6 Å². The Hall–Kier alpha value is -3.29. The highest BCUT2D eigenvalue weighted by molar-refractivity contribution is 5.99. The Morgan fingerprint density at radius 3 is 2.26 bits per heavy atom. The molecule has 3 rings (SSSR count). The normalized spacial score (nSPS) is 14.6. The summed E-state index contributed by atoms with van der Waals surface area (Å²) in [5.41, 5.74) is 3.88. The molecule has 0 spiro atoms. The van der Waals surface area contributed by atoms with Crippen LogP contribution in [0.1, 0.15) is 66.8 Å². The number of amides is 3. The zero-order valence-corrected chi connectivity index (χ0v) is 21.0. The number of rotatable bonds is 5. The van der Waals surface area contributed by atoms with E-state index in [1.54, 1.807) is 11.0 Å². The molecule has 0 atom stereocenters. The van der Waals surface area contributed by atoms with Gasteiger partial charge in [0.25, 0.3) is 5.91 Å². The van der Waals surface area contributed by atoms with Gasteiger partial charge in [-0.25, -0.2) is 4.79 Å². The fourth-order valence-electron chi connectivity index (χ4n) is 4.37. The van der Waals surface area contributed by atoms with Gasteiger partial charge in [0.05, 0.1) is 6.54 Å². The molecule has 2 heterocycles. The van der Waals surface area contributed by atoms with Gasteiger partial charge in [-0.15, -0.1) is 0 Å². The number of anilines is 1. The lowest BCUT2D eigenvalue weighted by Crippen LogP contribution is -2.42. The van der Waals surface area contributed by atoms with E-state index in [9.17, 15) is 14.4 Å². The molecule has 2 aromatic rings. The Balaban J connectivity index is 1.55. The van der Waals surface area contributed by atoms with E-state index < -0.39 is 5.60 Å². The Morgan fingerprint density at radius 2 is 1.68 bits per heavy atom. The van der Waals surface area contributed by atoms with Crippen molar-refractivity contribution in [3.05, 3.63) is 52.8 Å². The predicted molar refractivity (Wildman–Crippen MR) is 132 cm³/mol. The van der Waals surface area contributed by atoms with Crippen molar-refractivity contribution in [2.24, 2.45) is 0 Å². The van der Waals surface area contributed by atoms with E-state index in [2.05, 4.69) is 10.6 Å². The lowest BCUT2D eigenvalue weighted by Gasteiger charge is -2.34. The van der Waals surface area contributed by atoms with Crippen LogP contribution in [0.25, 0.3) is 0 Å². The first-order valence-corrected chi connectivity index (χ1v) is 11.8. The van der Waals surface area contributed by atoms with E-state index in [1.807, 2.05) is 70.5 Å². The molecular formula is C26H36N4O4. The second kappa shape index (κ2) is 10.3. The molecule has 1 aliphatic heterocycles. The highest BCUT2D eigenvalue weighted by Gasteiger charge is 2.28. The maximum absolute atomic E-state index is 12.8. The predicted octanol–water partition coefficient (Wildman–Crippen LogP) is 4.35. The molecule has 0 aliphatic carbocycles. The first-order chi connectivity index (χ1) is 15.9. The zero-order chi connectivity index (χ0) is 25.0. The molecule has 1 aromatic carbocycles. The lowest BCUT2D eigenvalue weighted by molar-refractivity contribution is -0.115. The van der Waals surface area contributed by atoms with Crippen molar-refractivity contribution in [1.29, 1.82) is 0 Å². The molecule has 8 nitrogen and oxygen atoms in total. The van der Waals surface area contributed by atoms with Crippen LogP contribution in [0.3, 0.4) is 0 Å². The molecule has 3 amide bonds. The molecule has 0 saturated carbocycles. The summed E-state index contributed by atoms with van der Waals surface area (Å²) in [6.45, 7) is 12.5. The van der Waals surface area contributed by atoms with Crippen LogP contribution in [0, 0.1) is 20.8 Å². The zero-order valence-electron chi connectivity index (χ0n) is 21.0. The van der Waals surface area contributed by atoms with Gasteiger partial charge in [0.15, 0.2) is 0 Å². The third-order valence-corrected chi connectivity index (χ3v) is 5.87. The summed E-state index contributed by atoms with van der Waals surface area (Å²) in [6.07, 6.45) is 3.02. The molecule has 184 valence electrons. The van der Waals surface area contributed by atoms with Crippen LogP contribution in [-0.4, -0.2) is 52.6 Å². The summed E-state index contributed by atoms with van der Waals surface area (Å²) in [6, 6.07) is 7.71. The molecule has 2 N–H and O–H groups in total. The van der Waals surface area contributed by atoms with E-state index in [1.165, 1.54) is 0 Å². The standard InChI is InChI=1S/C26H36N4O4/c1-17-14-18(2)23(19(3)15-17)28-22(31)16-27-24(32)21-8-7-11-30(21)20-9-12-29(13-10-20)25(33)34-26(4,5)6/h7-8,11,14-15,20H,9-10,12-13,16H2,1-6H3,(H,27,32)(H,28,31). The van der Waals surface area contributed by atoms with Gasteiger partial charge in [-0.3, -0.25) is 9.59 Å². The van der Waals surface area contributed by atoms with Crippen LogP contribution >= 0.6 is 0 Å². The molecule has 0 unspecified atom stereocenters. The smallest absolute Gasteiger partial charge is 0.410 e. The van der Waals surface area contributed by atoms with E-state index in [0.717, 1.165) is 35.2 Å². The van der Waals surface area contributed by atoms with Crippen molar-refractivity contribution in [3.8, 4) is 0 Å². The monoisotopic (exact) mass is 468 g/mol. The third-order valence-electron chi connectivity index (χ3n) is 5.87. The van der Waals surface area contributed by atoms with Gasteiger partial charge in [-0.2, -0.15) is 0 Å². The number of hydrogen-bond acceptors (Lipinski definition) is 4. The average molecular weight is 469 g/mol. The van der Waals surface area contributed by atoms with Gasteiger partial charge in [0, 0.05) is 31.0 Å². The number of ether oxygens (including phenoxy) is 1. The second-order valence-electron chi connectivity index (χ2n) is 10.0. The molecule has 0 bridgehead atoms. The Labute approximate surface area is 201 Å². The molecule has 1 fully saturated rings. The van der Waals surface area contributed by atoms with Gasteiger partial charge in [-0.05, 0) is 77.6 Å². The summed E-state index contributed by atoms with van der Waals surface area (Å²) in [5.74, 6) is -0.570. The minimum absolute atomic E-state index is 0.0983. The minimum Gasteiger partial charge on any atom is -0.444 e. The van der Waals surface area contributed by atoms with E-state index >= 15 is 0 Å². The molecule has 8 heteroatoms. The molecule has 34 heavy (non-hydrogen) atoms.